The van der Waals surface area contributed by atoms with Crippen LogP contribution in [0.5, 0.6) is 0 Å². The van der Waals surface area contributed by atoms with E-state index in [0.29, 0.717) is 11.4 Å². The topological polar surface area (TPSA) is 88.7 Å². The van der Waals surface area contributed by atoms with Crippen molar-refractivity contribution in [3.8, 4) is 11.5 Å². The zero-order valence-corrected chi connectivity index (χ0v) is 14.7. The summed E-state index contributed by atoms with van der Waals surface area (Å²) in [6.45, 7) is 0. The molecular formula is C17H11BrN4OS. The number of thioether (sulfide) groups is 1. The van der Waals surface area contributed by atoms with Gasteiger partial charge in [0.05, 0.1) is 0 Å². The quantitative estimate of drug-likeness (QED) is 0.335. The van der Waals surface area contributed by atoms with Crippen LogP contribution in [0.1, 0.15) is 0 Å². The third-order valence-corrected chi connectivity index (χ3v) is 4.00. The van der Waals surface area contributed by atoms with Crippen molar-refractivity contribution in [1.82, 2.24) is 0 Å². The van der Waals surface area contributed by atoms with Crippen molar-refractivity contribution < 1.29 is 4.79 Å². The van der Waals surface area contributed by atoms with Gasteiger partial charge in [-0.15, -0.1) is 0 Å². The highest BCUT2D eigenvalue weighted by atomic mass is 79.9. The SMILES string of the molecule is N#CSc1ccc(N/C=C(/C#N)C(=O)Nc2ccc(Br)cc2)cc1. The Bertz CT molecular complexity index is 833. The Labute approximate surface area is 152 Å². The number of rotatable bonds is 5. The fraction of sp³-hybridized carbons (Fsp3) is 0. The second kappa shape index (κ2) is 8.78. The predicted molar refractivity (Wildman–Crippen MR) is 98.0 cm³/mol. The van der Waals surface area contributed by atoms with Gasteiger partial charge in [-0.2, -0.15) is 10.5 Å². The number of halogens is 1. The van der Waals surface area contributed by atoms with Crippen molar-refractivity contribution in [3.63, 3.8) is 0 Å². The maximum absolute atomic E-state index is 12.1. The molecule has 0 unspecified atom stereocenters. The van der Waals surface area contributed by atoms with Crippen LogP contribution in [0.25, 0.3) is 0 Å². The molecule has 1 amide bonds. The van der Waals surface area contributed by atoms with Crippen molar-refractivity contribution in [2.24, 2.45) is 0 Å². The number of carbonyl (C=O) groups excluding carboxylic acids is 1. The number of nitrogens with one attached hydrogen (secondary N) is 2. The maximum atomic E-state index is 12.1. The molecule has 0 spiro atoms. The Morgan fingerprint density at radius 2 is 1.67 bits per heavy atom. The van der Waals surface area contributed by atoms with Crippen LogP contribution in [0.2, 0.25) is 0 Å². The molecule has 0 aliphatic heterocycles. The number of nitriles is 2. The van der Waals surface area contributed by atoms with Crippen LogP contribution in [0, 0.1) is 22.0 Å². The van der Waals surface area contributed by atoms with Gasteiger partial charge in [-0.3, -0.25) is 4.79 Å². The molecule has 0 saturated carbocycles. The third kappa shape index (κ3) is 5.17. The number of thiocyanates is 1. The fourth-order valence-electron chi connectivity index (χ4n) is 1.71. The summed E-state index contributed by atoms with van der Waals surface area (Å²) in [6, 6.07) is 16.0. The second-order valence-corrected chi connectivity index (χ2v) is 6.27. The van der Waals surface area contributed by atoms with Gasteiger partial charge in [0.2, 0.25) is 0 Å². The molecule has 0 aliphatic carbocycles. The van der Waals surface area contributed by atoms with E-state index in [2.05, 4.69) is 26.6 Å². The lowest BCUT2D eigenvalue weighted by molar-refractivity contribution is -0.112. The van der Waals surface area contributed by atoms with E-state index in [0.717, 1.165) is 21.1 Å². The summed E-state index contributed by atoms with van der Waals surface area (Å²) in [6.07, 6.45) is 1.35. The Morgan fingerprint density at radius 1 is 1.04 bits per heavy atom. The Kier molecular flexibility index (Phi) is 6.44. The molecule has 5 nitrogen and oxygen atoms in total. The van der Waals surface area contributed by atoms with E-state index in [1.807, 2.05) is 11.5 Å². The van der Waals surface area contributed by atoms with Gasteiger partial charge in [-0.1, -0.05) is 15.9 Å². The van der Waals surface area contributed by atoms with E-state index in [9.17, 15) is 4.79 Å². The van der Waals surface area contributed by atoms with Crippen LogP contribution in [-0.2, 0) is 4.79 Å². The van der Waals surface area contributed by atoms with Crippen LogP contribution in [0.4, 0.5) is 11.4 Å². The number of amides is 1. The Morgan fingerprint density at radius 3 is 2.25 bits per heavy atom. The summed E-state index contributed by atoms with van der Waals surface area (Å²) in [7, 11) is 0. The highest BCUT2D eigenvalue weighted by molar-refractivity contribution is 9.10. The number of carbonyl (C=O) groups is 1. The van der Waals surface area contributed by atoms with Crippen LogP contribution in [-0.4, -0.2) is 5.91 Å². The summed E-state index contributed by atoms with van der Waals surface area (Å²) in [5.74, 6) is -0.496. The van der Waals surface area contributed by atoms with E-state index >= 15 is 0 Å². The zero-order chi connectivity index (χ0) is 17.4. The number of nitrogens with zero attached hydrogens (tertiary/aromatic N) is 2. The second-order valence-electron chi connectivity index (χ2n) is 4.49. The first-order chi connectivity index (χ1) is 11.6. The highest BCUT2D eigenvalue weighted by Crippen LogP contribution is 2.19. The average Bonchev–Trinajstić information content (AvgIpc) is 2.59. The molecule has 0 aliphatic rings. The summed E-state index contributed by atoms with van der Waals surface area (Å²) < 4.78 is 0.899. The molecule has 2 aromatic carbocycles. The van der Waals surface area contributed by atoms with Crippen molar-refractivity contribution in [2.45, 2.75) is 4.90 Å². The van der Waals surface area contributed by atoms with Gasteiger partial charge in [-0.25, -0.2) is 0 Å². The predicted octanol–water partition coefficient (Wildman–Crippen LogP) is 4.48. The third-order valence-electron chi connectivity index (χ3n) is 2.87. The highest BCUT2D eigenvalue weighted by Gasteiger charge is 2.09. The molecule has 7 heteroatoms. The largest absolute Gasteiger partial charge is 0.360 e. The summed E-state index contributed by atoms with van der Waals surface area (Å²) in [4.78, 5) is 12.9. The van der Waals surface area contributed by atoms with Gasteiger partial charge in [0.15, 0.2) is 0 Å². The van der Waals surface area contributed by atoms with Crippen molar-refractivity contribution in [2.75, 3.05) is 10.6 Å². The lowest BCUT2D eigenvalue weighted by Gasteiger charge is -2.05. The molecule has 0 fully saturated rings. The van der Waals surface area contributed by atoms with E-state index in [4.69, 9.17) is 10.5 Å². The molecule has 0 atom stereocenters. The average molecular weight is 399 g/mol. The van der Waals surface area contributed by atoms with E-state index in [-0.39, 0.29) is 5.57 Å². The van der Waals surface area contributed by atoms with Gasteiger partial charge >= 0.3 is 0 Å². The monoisotopic (exact) mass is 398 g/mol. The molecular weight excluding hydrogens is 388 g/mol. The summed E-state index contributed by atoms with van der Waals surface area (Å²) in [5.41, 5.74) is 1.26. The molecule has 118 valence electrons. The number of benzene rings is 2. The Balaban J connectivity index is 2.03. The molecule has 0 radical (unpaired) electrons. The van der Waals surface area contributed by atoms with Crippen LogP contribution in [0.3, 0.4) is 0 Å². The van der Waals surface area contributed by atoms with Gasteiger partial charge in [0.1, 0.15) is 17.0 Å². The first-order valence-electron chi connectivity index (χ1n) is 6.72. The minimum absolute atomic E-state index is 0.0478. The van der Waals surface area contributed by atoms with E-state index in [1.54, 1.807) is 48.5 Å². The molecule has 0 saturated heterocycles. The van der Waals surface area contributed by atoms with Crippen LogP contribution in [0.15, 0.2) is 69.7 Å². The number of hydrogen-bond donors (Lipinski definition) is 2. The van der Waals surface area contributed by atoms with Gasteiger partial charge < -0.3 is 10.6 Å². The molecule has 0 bridgehead atoms. The minimum atomic E-state index is -0.496. The molecule has 2 aromatic rings. The van der Waals surface area contributed by atoms with Crippen LogP contribution >= 0.6 is 27.7 Å². The lowest BCUT2D eigenvalue weighted by Crippen LogP contribution is -2.14. The van der Waals surface area contributed by atoms with Crippen molar-refractivity contribution >= 4 is 45.0 Å². The van der Waals surface area contributed by atoms with E-state index in [1.165, 1.54) is 6.20 Å². The van der Waals surface area contributed by atoms with E-state index < -0.39 is 5.91 Å². The lowest BCUT2D eigenvalue weighted by atomic mass is 10.2. The summed E-state index contributed by atoms with van der Waals surface area (Å²) in [5, 5.41) is 25.3. The van der Waals surface area contributed by atoms with Gasteiger partial charge in [-0.05, 0) is 60.3 Å². The van der Waals surface area contributed by atoms with Crippen molar-refractivity contribution in [1.29, 1.82) is 10.5 Å². The summed E-state index contributed by atoms with van der Waals surface area (Å²) >= 11 is 4.38. The number of anilines is 2. The normalized spacial score (nSPS) is 10.4. The standard InChI is InChI=1S/C17H11BrN4OS/c18-13-1-3-15(4-2-13)22-17(23)12(9-19)10-21-14-5-7-16(8-6-14)24-11-20/h1-8,10,21H,(H,22,23)/b12-10-. The van der Waals surface area contributed by atoms with Crippen molar-refractivity contribution in [3.05, 3.63) is 64.8 Å². The Hall–Kier alpha value is -2.74. The molecule has 2 rings (SSSR count). The first-order valence-corrected chi connectivity index (χ1v) is 8.33. The first kappa shape index (κ1) is 17.6. The number of hydrogen-bond acceptors (Lipinski definition) is 5. The smallest absolute Gasteiger partial charge is 0.267 e. The molecule has 24 heavy (non-hydrogen) atoms. The van der Waals surface area contributed by atoms with Gasteiger partial charge in [0, 0.05) is 26.9 Å². The zero-order valence-electron chi connectivity index (χ0n) is 12.3. The van der Waals surface area contributed by atoms with Crippen LogP contribution < -0.4 is 10.6 Å². The molecule has 0 aromatic heterocycles. The van der Waals surface area contributed by atoms with Gasteiger partial charge in [0.25, 0.3) is 5.91 Å². The fourth-order valence-corrected chi connectivity index (χ4v) is 2.35. The molecule has 0 heterocycles. The molecule has 2 N–H and O–H groups in total. The minimum Gasteiger partial charge on any atom is -0.360 e. The maximum Gasteiger partial charge on any atom is 0.267 e.